The lowest BCUT2D eigenvalue weighted by Gasteiger charge is -2.50. The van der Waals surface area contributed by atoms with Crippen LogP contribution in [0.4, 0.5) is 0 Å². The maximum Gasteiger partial charge on any atom is 0.397 e. The van der Waals surface area contributed by atoms with Crippen molar-refractivity contribution in [3.63, 3.8) is 0 Å². The van der Waals surface area contributed by atoms with Crippen molar-refractivity contribution in [1.82, 2.24) is 14.2 Å². The van der Waals surface area contributed by atoms with Crippen LogP contribution in [0, 0.1) is 0 Å². The number of carboxylic acids is 2. The minimum atomic E-state index is -6.08. The zero-order chi connectivity index (χ0) is 65.5. The Morgan fingerprint density at radius 1 is 0.349 bits per heavy atom. The Kier molecular flexibility index (Phi) is 24.2. The van der Waals surface area contributed by atoms with E-state index >= 15 is 0 Å². The van der Waals surface area contributed by atoms with Crippen LogP contribution >= 0.6 is 0 Å². The SMILES string of the molecule is O=C(O)[C@H]1O[C@@H](O[C@H]2[C@H](O)[C@@H](NS(=O)(=O)O)[C@@H](O[C@H]3[C@H](O)[C@@H](OS(=O)(=O)O)[C@H](O[C@H]4[C@H](O)[C@@H](NS(=O)(=O)O)C(O)O[C@@H]4COS(=O)(=O)O)O[C@H]3C(=O)O)O[C@@H]2COS(=O)(=O)O)[C@H](O)[C@@H](O)[C@@H]1O[C@H]1O[C@H](COS(=O)(=O)O)[C@@H](O)[C@H](O)[C@H]1NS(=O)(=O)O. The van der Waals surface area contributed by atoms with Crippen LogP contribution in [-0.2, 0) is 141 Å². The number of carbonyl (C=O) groups is 2. The lowest BCUT2D eigenvalue weighted by Crippen LogP contribution is -2.71. The van der Waals surface area contributed by atoms with Gasteiger partial charge < -0.3 is 93.7 Å². The number of ether oxygens (including phenoxy) is 9. The van der Waals surface area contributed by atoms with Gasteiger partial charge in [0, 0.05) is 0 Å². The molecule has 5 saturated heterocycles. The van der Waals surface area contributed by atoms with Crippen LogP contribution in [0.15, 0.2) is 0 Å². The fraction of sp³-hybridized carbons (Fsp3) is 0.933. The van der Waals surface area contributed by atoms with Gasteiger partial charge in [0.1, 0.15) is 104 Å². The van der Waals surface area contributed by atoms with Gasteiger partial charge in [-0.2, -0.15) is 73.1 Å². The number of rotatable bonds is 27. The number of aliphatic hydroxyl groups is 8. The lowest BCUT2D eigenvalue weighted by atomic mass is 9.94. The zero-order valence-electron chi connectivity index (χ0n) is 41.4. The van der Waals surface area contributed by atoms with Crippen molar-refractivity contribution in [2.45, 2.75) is 153 Å². The first-order chi connectivity index (χ1) is 38.9. The minimum absolute atomic E-state index is 1.22. The molecule has 0 bridgehead atoms. The van der Waals surface area contributed by atoms with E-state index in [9.17, 15) is 142 Å². The molecule has 56 heteroatoms. The Bertz CT molecular complexity index is 3190. The summed E-state index contributed by atoms with van der Waals surface area (Å²) in [5, 5.41) is 109. The number of nitrogens with one attached hydrogen (secondary N) is 3. The quantitative estimate of drug-likeness (QED) is 0.0340. The maximum atomic E-state index is 12.8. The van der Waals surface area contributed by atoms with Crippen molar-refractivity contribution in [1.29, 1.82) is 0 Å². The van der Waals surface area contributed by atoms with Crippen molar-refractivity contribution in [2.75, 3.05) is 19.8 Å². The Morgan fingerprint density at radius 3 is 1.12 bits per heavy atom. The molecule has 0 radical (unpaired) electrons. The van der Waals surface area contributed by atoms with Crippen LogP contribution in [0.2, 0.25) is 0 Å². The van der Waals surface area contributed by atoms with Crippen LogP contribution < -0.4 is 14.2 Å². The average molecular weight is 1410 g/mol. The van der Waals surface area contributed by atoms with Gasteiger partial charge >= 0.3 is 84.4 Å². The Balaban J connectivity index is 1.51. The van der Waals surface area contributed by atoms with E-state index in [4.69, 9.17) is 51.7 Å². The second-order valence-electron chi connectivity index (χ2n) is 18.0. The van der Waals surface area contributed by atoms with Crippen molar-refractivity contribution >= 4 is 84.4 Å². The summed E-state index contributed by atoms with van der Waals surface area (Å²) in [5.74, 6) is -4.74. The molecule has 0 aliphatic carbocycles. The fourth-order valence-electron chi connectivity index (χ4n) is 8.56. The molecule has 1 unspecified atom stereocenters. The Hall–Kier alpha value is -2.65. The summed E-state index contributed by atoms with van der Waals surface area (Å²) in [6.45, 7) is -4.86. The number of hydrogen-bond acceptors (Lipinski definition) is 37. The Morgan fingerprint density at radius 2 is 0.698 bits per heavy atom. The Labute approximate surface area is 480 Å². The molecule has 5 aliphatic rings. The number of hydrogen-bond donors (Lipinski definition) is 20. The summed E-state index contributed by atoms with van der Waals surface area (Å²) < 4.78 is 299. The smallest absolute Gasteiger partial charge is 0.397 e. The molecule has 20 N–H and O–H groups in total. The fourth-order valence-corrected chi connectivity index (χ4v) is 11.8. The van der Waals surface area contributed by atoms with Crippen molar-refractivity contribution < 1.29 is 211 Å². The van der Waals surface area contributed by atoms with Gasteiger partial charge in [0.15, 0.2) is 49.8 Å². The molecule has 5 aliphatic heterocycles. The highest BCUT2D eigenvalue weighted by atomic mass is 32.3. The summed E-state index contributed by atoms with van der Waals surface area (Å²) in [6, 6.07) is -7.96. The van der Waals surface area contributed by atoms with Gasteiger partial charge in [0.25, 0.3) is 0 Å². The van der Waals surface area contributed by atoms with E-state index in [0.717, 1.165) is 0 Å². The van der Waals surface area contributed by atoms with Gasteiger partial charge in [-0.3, -0.25) is 31.9 Å². The molecule has 25 atom stereocenters. The summed E-state index contributed by atoms with van der Waals surface area (Å²) in [7, 11) is -39.7. The van der Waals surface area contributed by atoms with Crippen LogP contribution in [-0.4, -0.2) is 327 Å². The van der Waals surface area contributed by atoms with Gasteiger partial charge in [-0.05, 0) is 0 Å². The monoisotopic (exact) mass is 1410 g/mol. The molecule has 0 aromatic heterocycles. The van der Waals surface area contributed by atoms with E-state index in [1.54, 1.807) is 0 Å². The van der Waals surface area contributed by atoms with E-state index in [1.165, 1.54) is 14.2 Å². The molecule has 504 valence electrons. The van der Waals surface area contributed by atoms with E-state index in [0.29, 0.717) is 0 Å². The van der Waals surface area contributed by atoms with Crippen LogP contribution in [0.1, 0.15) is 0 Å². The molecule has 49 nitrogen and oxygen atoms in total. The molecule has 0 aromatic carbocycles. The second-order valence-corrected chi connectivity index (χ2v) is 25.9. The summed E-state index contributed by atoms with van der Waals surface area (Å²) in [4.78, 5) is 25.5. The molecule has 0 saturated carbocycles. The van der Waals surface area contributed by atoms with Crippen LogP contribution in [0.5, 0.6) is 0 Å². The van der Waals surface area contributed by atoms with Crippen LogP contribution in [0.25, 0.3) is 0 Å². The van der Waals surface area contributed by atoms with E-state index in [2.05, 4.69) is 16.7 Å². The van der Waals surface area contributed by atoms with E-state index in [1.807, 2.05) is 0 Å². The average Bonchev–Trinajstić information content (AvgIpc) is 0.845. The van der Waals surface area contributed by atoms with Gasteiger partial charge in [0.05, 0.1) is 19.8 Å². The first-order valence-electron chi connectivity index (χ1n) is 22.5. The predicted molar refractivity (Wildman–Crippen MR) is 247 cm³/mol. The number of aliphatic hydroxyl groups excluding tert-OH is 8. The van der Waals surface area contributed by atoms with Crippen LogP contribution in [0.3, 0.4) is 0 Å². The van der Waals surface area contributed by atoms with E-state index < -0.39 is 258 Å². The molecule has 5 heterocycles. The highest BCUT2D eigenvalue weighted by Gasteiger charge is 2.60. The number of carboxylic acid groups (broad SMARTS) is 2. The highest BCUT2D eigenvalue weighted by molar-refractivity contribution is 7.84. The molecule has 5 rings (SSSR count). The van der Waals surface area contributed by atoms with Crippen molar-refractivity contribution in [3.05, 3.63) is 0 Å². The predicted octanol–water partition coefficient (Wildman–Crippen LogP) is -14.2. The standard InChI is InChI=1S/C30H51N3O46S7/c34-10-4(1-67-83(55,56)57)71-27(8(11(10)35)32-81(49,50)51)75-19-14(38)15(39)29(77-22(19)24(41)42)73-18-6(3-69-85(61,62)63)72-28(9(13(18)37)33-82(52,53)54)76-20-16(40)21(79-86(64,65)66)30(78-23(20)25(43)44)74-17-5(2-68-84(58,59)60)70-26(45)7(12(17)36)31-80(46,47)48/h4-23,26-40,45H,1-3H2,(H,41,42)(H,43,44)(H,46,47,48)(H,49,50,51)(H,52,53,54)(H,55,56,57)(H,58,59,60)(H,61,62,63)(H,64,65,66)/t4-,5-,6-,7-,8-,9-,10-,11-,12-,13-,14-,15-,16+,17-,18-,19+,20+,21-,22+,23-,26?,27-,28-,29-,30-/m1/s1. The van der Waals surface area contributed by atoms with Crippen molar-refractivity contribution in [3.8, 4) is 0 Å². The molecule has 86 heavy (non-hydrogen) atoms. The lowest BCUT2D eigenvalue weighted by molar-refractivity contribution is -0.374. The summed E-state index contributed by atoms with van der Waals surface area (Å²) >= 11 is 0. The molecule has 0 spiro atoms. The molecule has 0 amide bonds. The van der Waals surface area contributed by atoms with E-state index in [-0.39, 0.29) is 0 Å². The number of aliphatic carboxylic acids is 2. The third-order valence-corrected chi connectivity index (χ3v) is 15.5. The van der Waals surface area contributed by atoms with Gasteiger partial charge in [-0.1, -0.05) is 0 Å². The van der Waals surface area contributed by atoms with Crippen molar-refractivity contribution in [2.24, 2.45) is 0 Å². The molecular formula is C30H51N3O46S7. The minimum Gasteiger partial charge on any atom is -0.479 e. The first kappa shape index (κ1) is 74.1. The second kappa shape index (κ2) is 28.1. The largest absolute Gasteiger partial charge is 0.479 e. The first-order valence-corrected chi connectivity index (χ1v) is 32.3. The molecule has 5 fully saturated rings. The third kappa shape index (κ3) is 20.7. The summed E-state index contributed by atoms with van der Waals surface area (Å²) in [5.41, 5.74) is 0. The topological polar surface area (TPSA) is 773 Å². The third-order valence-electron chi connectivity index (χ3n) is 12.0. The highest BCUT2D eigenvalue weighted by Crippen LogP contribution is 2.37. The maximum absolute atomic E-state index is 12.8. The van der Waals surface area contributed by atoms with Gasteiger partial charge in [-0.15, -0.1) is 0 Å². The zero-order valence-corrected chi connectivity index (χ0v) is 47.1. The van der Waals surface area contributed by atoms with Gasteiger partial charge in [-0.25, -0.2) is 26.3 Å². The summed E-state index contributed by atoms with van der Waals surface area (Å²) in [6.07, 6.45) is -61.5. The normalized spacial score (nSPS) is 40.0. The van der Waals surface area contributed by atoms with Gasteiger partial charge in [0.2, 0.25) is 0 Å². The molecular weight excluding hydrogens is 1360 g/mol. The molecule has 0 aromatic rings.